The molecule has 1 aliphatic carbocycles. The summed E-state index contributed by atoms with van der Waals surface area (Å²) in [6, 6.07) is 1.08. The normalized spacial score (nSPS) is 19.2. The number of carboxylic acid groups (broad SMARTS) is 1. The number of hydrogen-bond donors (Lipinski definition) is 2. The van der Waals surface area contributed by atoms with Gasteiger partial charge in [0.05, 0.1) is 5.39 Å². The number of nitrogens with one attached hydrogen (secondary N) is 1. The number of carboxylic acids is 1. The molecule has 0 amide bonds. The Hall–Kier alpha value is -3.13. The number of fused-ring (bicyclic) bond motifs is 1. The predicted molar refractivity (Wildman–Crippen MR) is 102 cm³/mol. The molecule has 1 aliphatic rings. The Morgan fingerprint density at radius 1 is 1.46 bits per heavy atom. The molecule has 0 radical (unpaired) electrons. The van der Waals surface area contributed by atoms with Gasteiger partial charge in [-0.25, -0.2) is 14.2 Å². The van der Waals surface area contributed by atoms with Gasteiger partial charge in [0.1, 0.15) is 11.2 Å². The zero-order valence-electron chi connectivity index (χ0n) is 15.4. The first-order valence-electron chi connectivity index (χ1n) is 9.19. The maximum absolute atomic E-state index is 14.6. The van der Waals surface area contributed by atoms with Crippen molar-refractivity contribution in [2.75, 3.05) is 11.9 Å². The van der Waals surface area contributed by atoms with Crippen LogP contribution in [0.5, 0.6) is 0 Å². The van der Waals surface area contributed by atoms with Crippen LogP contribution in [-0.4, -0.2) is 33.2 Å². The van der Waals surface area contributed by atoms with Crippen LogP contribution >= 0.6 is 0 Å². The predicted octanol–water partition coefficient (Wildman–Crippen LogP) is 3.53. The van der Waals surface area contributed by atoms with Crippen LogP contribution in [0.15, 0.2) is 22.2 Å². The highest BCUT2D eigenvalue weighted by Crippen LogP contribution is 2.28. The molecule has 3 rings (SSSR count). The fraction of sp³-hybridized carbons (Fsp3) is 0.500. The van der Waals surface area contributed by atoms with Crippen LogP contribution in [0.4, 0.5) is 10.2 Å². The summed E-state index contributed by atoms with van der Waals surface area (Å²) >= 11 is 0. The van der Waals surface area contributed by atoms with Crippen LogP contribution in [0.25, 0.3) is 21.5 Å². The Balaban J connectivity index is 1.88. The fourth-order valence-electron chi connectivity index (χ4n) is 3.62. The third-order valence-electron chi connectivity index (χ3n) is 5.16. The quantitative estimate of drug-likeness (QED) is 0.444. The molecule has 148 valence electrons. The third-order valence-corrected chi connectivity index (χ3v) is 5.16. The maximum Gasteiger partial charge on any atom is 0.341 e. The van der Waals surface area contributed by atoms with E-state index in [1.165, 1.54) is 10.8 Å². The molecule has 2 N–H and O–H groups in total. The summed E-state index contributed by atoms with van der Waals surface area (Å²) in [6.07, 6.45) is 4.57. The van der Waals surface area contributed by atoms with Crippen LogP contribution in [0.3, 0.4) is 0 Å². The summed E-state index contributed by atoms with van der Waals surface area (Å²) < 4.78 is 16.1. The van der Waals surface area contributed by atoms with E-state index in [1.807, 2.05) is 0 Å². The van der Waals surface area contributed by atoms with Gasteiger partial charge in [0.25, 0.3) is 0 Å². The van der Waals surface area contributed by atoms with E-state index in [-0.39, 0.29) is 22.9 Å². The molecule has 28 heavy (non-hydrogen) atoms. The highest BCUT2D eigenvalue weighted by atomic mass is 19.1. The third kappa shape index (κ3) is 3.91. The molecular formula is C18H21FN6O3. The minimum atomic E-state index is -1.35. The summed E-state index contributed by atoms with van der Waals surface area (Å²) in [6.45, 7) is 2.65. The van der Waals surface area contributed by atoms with Crippen molar-refractivity contribution in [1.29, 1.82) is 0 Å². The van der Waals surface area contributed by atoms with Gasteiger partial charge in [0.2, 0.25) is 5.43 Å². The van der Waals surface area contributed by atoms with Gasteiger partial charge >= 0.3 is 5.97 Å². The molecule has 0 aliphatic heterocycles. The first-order chi connectivity index (χ1) is 13.4. The Labute approximate surface area is 159 Å². The van der Waals surface area contributed by atoms with E-state index >= 15 is 0 Å². The molecule has 0 saturated heterocycles. The van der Waals surface area contributed by atoms with Crippen molar-refractivity contribution in [2.45, 2.75) is 45.2 Å². The summed E-state index contributed by atoms with van der Waals surface area (Å²) in [5, 5.41) is 15.9. The van der Waals surface area contributed by atoms with Crippen molar-refractivity contribution in [3.05, 3.63) is 44.3 Å². The van der Waals surface area contributed by atoms with E-state index < -0.39 is 22.8 Å². The van der Waals surface area contributed by atoms with Gasteiger partial charge < -0.3 is 15.0 Å². The number of halogens is 1. The summed E-state index contributed by atoms with van der Waals surface area (Å²) in [5.74, 6) is -1.65. The number of nitrogens with zero attached hydrogens (tertiary/aromatic N) is 5. The molecule has 10 heteroatoms. The average Bonchev–Trinajstić information content (AvgIpc) is 2.68. The monoisotopic (exact) mass is 388 g/mol. The van der Waals surface area contributed by atoms with Gasteiger partial charge in [-0.2, -0.15) is 0 Å². The van der Waals surface area contributed by atoms with Crippen LogP contribution in [0.1, 0.15) is 43.0 Å². The lowest BCUT2D eigenvalue weighted by Gasteiger charge is -2.28. The number of hydrogen-bond acceptors (Lipinski definition) is 5. The smallest absolute Gasteiger partial charge is 0.341 e. The van der Waals surface area contributed by atoms with E-state index in [0.717, 1.165) is 31.7 Å². The van der Waals surface area contributed by atoms with Crippen molar-refractivity contribution in [3.8, 4) is 0 Å². The van der Waals surface area contributed by atoms with E-state index in [9.17, 15) is 19.1 Å². The van der Waals surface area contributed by atoms with Crippen LogP contribution in [0.2, 0.25) is 0 Å². The average molecular weight is 388 g/mol. The molecule has 1 fully saturated rings. The van der Waals surface area contributed by atoms with Gasteiger partial charge in [-0.3, -0.25) is 4.79 Å². The molecule has 0 aromatic carbocycles. The molecule has 2 heterocycles. The maximum atomic E-state index is 14.6. The summed E-state index contributed by atoms with van der Waals surface area (Å²) in [4.78, 5) is 30.7. The van der Waals surface area contributed by atoms with Gasteiger partial charge in [0.15, 0.2) is 11.6 Å². The van der Waals surface area contributed by atoms with Crippen molar-refractivity contribution in [3.63, 3.8) is 0 Å². The number of aromatic carboxylic acids is 1. The minimum absolute atomic E-state index is 0.0295. The van der Waals surface area contributed by atoms with Crippen LogP contribution < -0.4 is 10.7 Å². The summed E-state index contributed by atoms with van der Waals surface area (Å²) in [5.41, 5.74) is 7.50. The largest absolute Gasteiger partial charge is 0.477 e. The molecule has 0 atom stereocenters. The molecular weight excluding hydrogens is 367 g/mol. The van der Waals surface area contributed by atoms with E-state index in [4.69, 9.17) is 5.53 Å². The zero-order chi connectivity index (χ0) is 20.3. The second-order valence-electron chi connectivity index (χ2n) is 6.93. The second kappa shape index (κ2) is 8.26. The lowest BCUT2D eigenvalue weighted by molar-refractivity contribution is 0.0695. The number of aryl methyl sites for hydroxylation is 1. The highest BCUT2D eigenvalue weighted by Gasteiger charge is 2.23. The number of aromatic nitrogens is 2. The van der Waals surface area contributed by atoms with Crippen molar-refractivity contribution < 1.29 is 14.3 Å². The highest BCUT2D eigenvalue weighted by molar-refractivity contribution is 5.92. The first-order valence-corrected chi connectivity index (χ1v) is 9.19. The zero-order valence-corrected chi connectivity index (χ0v) is 15.4. The second-order valence-corrected chi connectivity index (χ2v) is 6.93. The SMILES string of the molecule is CCn1cc(C(=O)O)c(=O)c2cc(F)c(NC3CCC(CN=[N+]=[N-])CC3)nc21. The van der Waals surface area contributed by atoms with Crippen molar-refractivity contribution >= 4 is 22.8 Å². The molecule has 0 spiro atoms. The number of anilines is 1. The molecule has 2 aromatic rings. The molecule has 2 aromatic heterocycles. The topological polar surface area (TPSA) is 133 Å². The van der Waals surface area contributed by atoms with E-state index in [0.29, 0.717) is 19.0 Å². The van der Waals surface area contributed by atoms with Crippen molar-refractivity contribution in [1.82, 2.24) is 9.55 Å². The van der Waals surface area contributed by atoms with Gasteiger partial charge in [-0.05, 0) is 50.1 Å². The molecule has 9 nitrogen and oxygen atoms in total. The van der Waals surface area contributed by atoms with Gasteiger partial charge in [0, 0.05) is 30.2 Å². The lowest BCUT2D eigenvalue weighted by Crippen LogP contribution is -2.28. The molecule has 1 saturated carbocycles. The standard InChI is InChI=1S/C18H21FN6O3/c1-2-25-9-13(18(27)28)15(26)12-7-14(19)16(23-17(12)25)22-11-5-3-10(4-6-11)8-21-24-20/h7,9-11H,2-6,8H2,1H3,(H,22,23)(H,27,28). The lowest BCUT2D eigenvalue weighted by atomic mass is 9.86. The Morgan fingerprint density at radius 3 is 2.79 bits per heavy atom. The minimum Gasteiger partial charge on any atom is -0.477 e. The van der Waals surface area contributed by atoms with Crippen LogP contribution in [0, 0.1) is 11.7 Å². The fourth-order valence-corrected chi connectivity index (χ4v) is 3.62. The van der Waals surface area contributed by atoms with E-state index in [1.54, 1.807) is 6.92 Å². The summed E-state index contributed by atoms with van der Waals surface area (Å²) in [7, 11) is 0. The van der Waals surface area contributed by atoms with Crippen LogP contribution in [-0.2, 0) is 6.54 Å². The van der Waals surface area contributed by atoms with Crippen molar-refractivity contribution in [2.24, 2.45) is 11.0 Å². The number of pyridine rings is 2. The Bertz CT molecular complexity index is 1010. The van der Waals surface area contributed by atoms with Gasteiger partial charge in [-0.15, -0.1) is 0 Å². The Morgan fingerprint density at radius 2 is 2.18 bits per heavy atom. The molecule has 0 bridgehead atoms. The first kappa shape index (κ1) is 19.6. The van der Waals surface area contributed by atoms with Gasteiger partial charge in [-0.1, -0.05) is 5.11 Å². The molecule has 0 unspecified atom stereocenters. The number of carbonyl (C=O) groups is 1. The number of azide groups is 1. The van der Waals surface area contributed by atoms with E-state index in [2.05, 4.69) is 20.3 Å². The number of rotatable bonds is 6. The Kier molecular flexibility index (Phi) is 5.79.